The summed E-state index contributed by atoms with van der Waals surface area (Å²) in [7, 11) is 1.61. The highest BCUT2D eigenvalue weighted by atomic mass is 19.2. The molecule has 2 heterocycles. The summed E-state index contributed by atoms with van der Waals surface area (Å²) in [5.74, 6) is -6.15. The van der Waals surface area contributed by atoms with Crippen LogP contribution in [0.2, 0.25) is 0 Å². The van der Waals surface area contributed by atoms with Crippen molar-refractivity contribution in [3.8, 4) is 22.4 Å². The van der Waals surface area contributed by atoms with Crippen LogP contribution in [0, 0.1) is 31.3 Å². The van der Waals surface area contributed by atoms with Crippen molar-refractivity contribution >= 4 is 17.5 Å². The molecular weight excluding hydrogens is 541 g/mol. The lowest BCUT2D eigenvalue weighted by molar-refractivity contribution is 0.0941. The number of pyridine rings is 1. The topological polar surface area (TPSA) is 76.0 Å². The smallest absolute Gasteiger partial charge is 0.268 e. The highest BCUT2D eigenvalue weighted by Crippen LogP contribution is 2.30. The van der Waals surface area contributed by atoms with Gasteiger partial charge in [0.2, 0.25) is 0 Å². The standard InChI is InChI=1S/C33H27F3N4O2/c1-19-4-9-22(10-5-19)25-15-26(34)30(35)31(36)29(25)33(42)39-24-14-28(40(3)18-24)32(41)38-17-21-8-13-27(37-16-21)23-11-6-20(2)7-12-23/h4-16,18H,17H2,1-3H3,(H,38,41)(H,39,42). The van der Waals surface area contributed by atoms with Crippen molar-refractivity contribution in [1.29, 1.82) is 0 Å². The fraction of sp³-hybridized carbons (Fsp3) is 0.121. The van der Waals surface area contributed by atoms with E-state index in [0.29, 0.717) is 5.56 Å². The van der Waals surface area contributed by atoms with Gasteiger partial charge in [0.25, 0.3) is 11.8 Å². The van der Waals surface area contributed by atoms with Crippen molar-refractivity contribution in [1.82, 2.24) is 14.9 Å². The van der Waals surface area contributed by atoms with Gasteiger partial charge in [-0.3, -0.25) is 14.6 Å². The zero-order chi connectivity index (χ0) is 30.0. The van der Waals surface area contributed by atoms with E-state index >= 15 is 0 Å². The summed E-state index contributed by atoms with van der Waals surface area (Å²) in [6, 6.07) is 20.6. The number of anilines is 1. The molecule has 3 aromatic carbocycles. The Hall–Kier alpha value is -5.18. The minimum atomic E-state index is -1.74. The van der Waals surface area contributed by atoms with E-state index in [1.165, 1.54) is 16.8 Å². The number of aromatic nitrogens is 2. The van der Waals surface area contributed by atoms with Crippen LogP contribution in [-0.2, 0) is 13.6 Å². The van der Waals surface area contributed by atoms with E-state index < -0.39 is 34.8 Å². The van der Waals surface area contributed by atoms with Crippen molar-refractivity contribution in [3.05, 3.63) is 131 Å². The lowest BCUT2D eigenvalue weighted by Gasteiger charge is -2.12. The number of hydrogen-bond donors (Lipinski definition) is 2. The molecule has 0 aliphatic carbocycles. The number of carbonyl (C=O) groups is 2. The summed E-state index contributed by atoms with van der Waals surface area (Å²) in [5, 5.41) is 5.32. The van der Waals surface area contributed by atoms with Crippen LogP contribution in [0.4, 0.5) is 18.9 Å². The van der Waals surface area contributed by atoms with Crippen LogP contribution in [0.25, 0.3) is 22.4 Å². The number of aryl methyl sites for hydroxylation is 3. The first-order valence-corrected chi connectivity index (χ1v) is 13.1. The van der Waals surface area contributed by atoms with Gasteiger partial charge in [-0.1, -0.05) is 65.7 Å². The molecule has 2 aromatic heterocycles. The Morgan fingerprint density at radius 3 is 2.07 bits per heavy atom. The third kappa shape index (κ3) is 5.95. The summed E-state index contributed by atoms with van der Waals surface area (Å²) in [6.07, 6.45) is 3.15. The van der Waals surface area contributed by atoms with E-state index in [1.54, 1.807) is 37.5 Å². The Bertz CT molecular complexity index is 1780. The molecule has 0 radical (unpaired) electrons. The van der Waals surface area contributed by atoms with Crippen LogP contribution in [0.1, 0.15) is 37.5 Å². The van der Waals surface area contributed by atoms with Gasteiger partial charge in [-0.05, 0) is 43.2 Å². The number of halogens is 3. The minimum Gasteiger partial charge on any atom is -0.347 e. The predicted molar refractivity (Wildman–Crippen MR) is 155 cm³/mol. The lowest BCUT2D eigenvalue weighted by atomic mass is 9.97. The average molecular weight is 569 g/mol. The van der Waals surface area contributed by atoms with Crippen LogP contribution in [0.3, 0.4) is 0 Å². The molecular formula is C33H27F3N4O2. The predicted octanol–water partition coefficient (Wildman–Crippen LogP) is 6.97. The molecule has 212 valence electrons. The van der Waals surface area contributed by atoms with E-state index in [9.17, 15) is 22.8 Å². The SMILES string of the molecule is Cc1ccc(-c2ccc(CNC(=O)c3cc(NC(=O)c4c(-c5ccc(C)cc5)cc(F)c(F)c4F)cn3C)cn2)cc1. The van der Waals surface area contributed by atoms with Gasteiger partial charge >= 0.3 is 0 Å². The molecule has 0 saturated heterocycles. The van der Waals surface area contributed by atoms with Gasteiger partial charge in [0.05, 0.1) is 16.9 Å². The number of benzene rings is 3. The monoisotopic (exact) mass is 568 g/mol. The molecule has 5 aromatic rings. The molecule has 0 unspecified atom stereocenters. The van der Waals surface area contributed by atoms with Crippen LogP contribution in [0.5, 0.6) is 0 Å². The van der Waals surface area contributed by atoms with Crippen molar-refractivity contribution < 1.29 is 22.8 Å². The molecule has 0 aliphatic heterocycles. The Kier molecular flexibility index (Phi) is 7.93. The summed E-state index contributed by atoms with van der Waals surface area (Å²) >= 11 is 0. The van der Waals surface area contributed by atoms with E-state index in [0.717, 1.165) is 34.0 Å². The fourth-order valence-corrected chi connectivity index (χ4v) is 4.53. The normalized spacial score (nSPS) is 10.9. The van der Waals surface area contributed by atoms with Crippen molar-refractivity contribution in [2.24, 2.45) is 7.05 Å². The molecule has 0 fully saturated rings. The van der Waals surface area contributed by atoms with Gasteiger partial charge in [-0.15, -0.1) is 0 Å². The first-order valence-electron chi connectivity index (χ1n) is 13.1. The van der Waals surface area contributed by atoms with Gasteiger partial charge in [-0.25, -0.2) is 13.2 Å². The van der Waals surface area contributed by atoms with Gasteiger partial charge in [0.1, 0.15) is 5.69 Å². The zero-order valence-corrected chi connectivity index (χ0v) is 23.1. The van der Waals surface area contributed by atoms with Crippen LogP contribution in [-0.4, -0.2) is 21.4 Å². The summed E-state index contributed by atoms with van der Waals surface area (Å²) < 4.78 is 44.7. The van der Waals surface area contributed by atoms with E-state index in [4.69, 9.17) is 0 Å². The summed E-state index contributed by atoms with van der Waals surface area (Å²) in [6.45, 7) is 4.07. The minimum absolute atomic E-state index is 0.0974. The summed E-state index contributed by atoms with van der Waals surface area (Å²) in [5.41, 5.74) is 4.66. The molecule has 42 heavy (non-hydrogen) atoms. The van der Waals surface area contributed by atoms with Crippen molar-refractivity contribution in [2.45, 2.75) is 20.4 Å². The molecule has 2 N–H and O–H groups in total. The van der Waals surface area contributed by atoms with Gasteiger partial charge in [0, 0.05) is 37.1 Å². The number of nitrogens with zero attached hydrogens (tertiary/aromatic N) is 2. The maximum Gasteiger partial charge on any atom is 0.268 e. The molecule has 6 nitrogen and oxygen atoms in total. The number of amides is 2. The molecule has 2 amide bonds. The second-order valence-corrected chi connectivity index (χ2v) is 10.1. The number of nitrogens with one attached hydrogen (secondary N) is 2. The third-order valence-electron chi connectivity index (χ3n) is 6.87. The molecule has 5 rings (SSSR count). The Balaban J connectivity index is 1.30. The van der Waals surface area contributed by atoms with Crippen LogP contribution >= 0.6 is 0 Å². The van der Waals surface area contributed by atoms with E-state index in [-0.39, 0.29) is 23.5 Å². The Labute approximate surface area is 240 Å². The largest absolute Gasteiger partial charge is 0.347 e. The lowest BCUT2D eigenvalue weighted by Crippen LogP contribution is -2.24. The highest BCUT2D eigenvalue weighted by Gasteiger charge is 2.25. The fourth-order valence-electron chi connectivity index (χ4n) is 4.53. The quantitative estimate of drug-likeness (QED) is 0.208. The first kappa shape index (κ1) is 28.4. The average Bonchev–Trinajstić information content (AvgIpc) is 3.35. The van der Waals surface area contributed by atoms with Gasteiger partial charge in [0.15, 0.2) is 17.5 Å². The Morgan fingerprint density at radius 1 is 0.810 bits per heavy atom. The zero-order valence-electron chi connectivity index (χ0n) is 23.1. The molecule has 0 aliphatic rings. The molecule has 9 heteroatoms. The maximum absolute atomic E-state index is 14.9. The second-order valence-electron chi connectivity index (χ2n) is 10.1. The first-order chi connectivity index (χ1) is 20.1. The second kappa shape index (κ2) is 11.7. The van der Waals surface area contributed by atoms with Crippen LogP contribution in [0.15, 0.2) is 85.2 Å². The number of hydrogen-bond acceptors (Lipinski definition) is 3. The summed E-state index contributed by atoms with van der Waals surface area (Å²) in [4.78, 5) is 30.5. The van der Waals surface area contributed by atoms with Gasteiger partial charge < -0.3 is 15.2 Å². The van der Waals surface area contributed by atoms with Crippen molar-refractivity contribution in [3.63, 3.8) is 0 Å². The van der Waals surface area contributed by atoms with E-state index in [2.05, 4.69) is 15.6 Å². The van der Waals surface area contributed by atoms with Crippen LogP contribution < -0.4 is 10.6 Å². The maximum atomic E-state index is 14.9. The molecule has 0 spiro atoms. The van der Waals surface area contributed by atoms with Crippen molar-refractivity contribution in [2.75, 3.05) is 5.32 Å². The molecule has 0 bridgehead atoms. The highest BCUT2D eigenvalue weighted by molar-refractivity contribution is 6.09. The van der Waals surface area contributed by atoms with Gasteiger partial charge in [-0.2, -0.15) is 0 Å². The molecule has 0 atom stereocenters. The Morgan fingerprint density at radius 2 is 1.45 bits per heavy atom. The molecule has 0 saturated carbocycles. The number of rotatable bonds is 7. The number of carbonyl (C=O) groups excluding carboxylic acids is 2. The van der Waals surface area contributed by atoms with E-state index in [1.807, 2.05) is 50.2 Å². The third-order valence-corrected chi connectivity index (χ3v) is 6.87.